The largest absolute Gasteiger partial charge is 0.493 e. The van der Waals surface area contributed by atoms with Gasteiger partial charge in [0.25, 0.3) is 11.8 Å². The molecule has 9 rings (SSSR count). The van der Waals surface area contributed by atoms with Gasteiger partial charge in [0.1, 0.15) is 13.2 Å². The number of hydrogen-bond acceptors (Lipinski definition) is 9. The van der Waals surface area contributed by atoms with Crippen molar-refractivity contribution >= 4 is 35.6 Å². The van der Waals surface area contributed by atoms with Crippen molar-refractivity contribution in [2.24, 2.45) is 9.98 Å². The molecule has 5 heterocycles. The summed E-state index contributed by atoms with van der Waals surface area (Å²) in [5.74, 6) is 1.60. The summed E-state index contributed by atoms with van der Waals surface area (Å²) in [6, 6.07) is 28.7. The molecule has 0 N–H and O–H groups in total. The summed E-state index contributed by atoms with van der Waals surface area (Å²) in [6.07, 6.45) is 5.14. The van der Waals surface area contributed by atoms with E-state index in [-0.39, 0.29) is 37.1 Å². The molecule has 0 saturated heterocycles. The Balaban J connectivity index is 0.897. The fourth-order valence-corrected chi connectivity index (χ4v) is 7.64. The van der Waals surface area contributed by atoms with Gasteiger partial charge >= 0.3 is 0 Å². The standard InChI is InChI=1S/C43H37N5O6/c1-51-38-16-34-36(44-20-32-14-26-8-3-5-10-28(26)22-47(32)42(34)49)18-40(38)53-24-30-12-7-13-31(46-30)25-54-41-19-37-35(17-39(41)52-2)43(50)48-23-29-11-6-4-9-27(29)15-33(48)21-45-37/h3-13,16-21,32-33H,14-15,22-25H2,1-2H3/t32-,33-/m0/s1. The highest BCUT2D eigenvalue weighted by Crippen LogP contribution is 2.40. The molecule has 0 bridgehead atoms. The van der Waals surface area contributed by atoms with E-state index >= 15 is 0 Å². The van der Waals surface area contributed by atoms with Crippen molar-refractivity contribution in [2.45, 2.75) is 51.2 Å². The minimum absolute atomic E-state index is 0.0903. The number of aromatic nitrogens is 1. The summed E-state index contributed by atoms with van der Waals surface area (Å²) in [4.78, 5) is 45.5. The number of carbonyl (C=O) groups is 2. The van der Waals surface area contributed by atoms with Crippen LogP contribution >= 0.6 is 0 Å². The minimum Gasteiger partial charge on any atom is -0.493 e. The van der Waals surface area contributed by atoms with Crippen LogP contribution < -0.4 is 18.9 Å². The number of pyridine rings is 1. The molecule has 4 aliphatic heterocycles. The lowest BCUT2D eigenvalue weighted by Crippen LogP contribution is -2.44. The van der Waals surface area contributed by atoms with Crippen LogP contribution in [0.15, 0.2) is 101 Å². The number of hydrogen-bond donors (Lipinski definition) is 0. The predicted molar refractivity (Wildman–Crippen MR) is 203 cm³/mol. The molecule has 2 atom stereocenters. The SMILES string of the molecule is COc1cc2c(cc1OCc1cccc(COc3cc4c(cc3OC)C(=O)N3Cc5ccccc5C[C@H]3C=N4)n1)N=C[C@@H]1Cc3ccccc3CN1C2=O. The third-order valence-corrected chi connectivity index (χ3v) is 10.5. The van der Waals surface area contributed by atoms with Gasteiger partial charge in [0, 0.05) is 37.7 Å². The normalized spacial score (nSPS) is 17.9. The number of amides is 2. The van der Waals surface area contributed by atoms with Crippen molar-refractivity contribution in [1.29, 1.82) is 0 Å². The van der Waals surface area contributed by atoms with Crippen molar-refractivity contribution in [2.75, 3.05) is 14.2 Å². The molecule has 0 radical (unpaired) electrons. The molecule has 4 aliphatic rings. The lowest BCUT2D eigenvalue weighted by Gasteiger charge is -2.34. The van der Waals surface area contributed by atoms with E-state index in [1.807, 2.05) is 64.7 Å². The molecule has 4 aromatic carbocycles. The Hall–Kier alpha value is -6.49. The summed E-state index contributed by atoms with van der Waals surface area (Å²) in [5, 5.41) is 0. The van der Waals surface area contributed by atoms with Crippen LogP contribution in [-0.4, -0.2) is 65.3 Å². The summed E-state index contributed by atoms with van der Waals surface area (Å²) < 4.78 is 23.8. The maximum atomic E-state index is 13.8. The molecule has 5 aromatic rings. The summed E-state index contributed by atoms with van der Waals surface area (Å²) in [6.45, 7) is 1.34. The first-order valence-corrected chi connectivity index (χ1v) is 17.9. The lowest BCUT2D eigenvalue weighted by atomic mass is 9.94. The van der Waals surface area contributed by atoms with Crippen LogP contribution in [0.1, 0.15) is 54.4 Å². The highest BCUT2D eigenvalue weighted by atomic mass is 16.5. The Morgan fingerprint density at radius 1 is 0.574 bits per heavy atom. The molecule has 11 heteroatoms. The molecule has 0 spiro atoms. The van der Waals surface area contributed by atoms with Crippen LogP contribution in [0, 0.1) is 0 Å². The van der Waals surface area contributed by atoms with Crippen molar-refractivity contribution in [1.82, 2.24) is 14.8 Å². The highest BCUT2D eigenvalue weighted by Gasteiger charge is 2.35. The van der Waals surface area contributed by atoms with Crippen molar-refractivity contribution in [3.63, 3.8) is 0 Å². The van der Waals surface area contributed by atoms with Crippen molar-refractivity contribution in [3.8, 4) is 23.0 Å². The first-order valence-electron chi connectivity index (χ1n) is 17.9. The van der Waals surface area contributed by atoms with Gasteiger partial charge in [-0.25, -0.2) is 0 Å². The lowest BCUT2D eigenvalue weighted by molar-refractivity contribution is 0.0696. The van der Waals surface area contributed by atoms with E-state index in [2.05, 4.69) is 24.3 Å². The summed E-state index contributed by atoms with van der Waals surface area (Å²) in [7, 11) is 3.11. The number of nitrogens with zero attached hydrogens (tertiary/aromatic N) is 5. The number of methoxy groups -OCH3 is 2. The monoisotopic (exact) mass is 719 g/mol. The molecule has 2 amide bonds. The third-order valence-electron chi connectivity index (χ3n) is 10.5. The quantitative estimate of drug-likeness (QED) is 0.173. The second-order valence-corrected chi connectivity index (χ2v) is 13.7. The molecule has 0 aliphatic carbocycles. The Kier molecular flexibility index (Phi) is 8.53. The zero-order chi connectivity index (χ0) is 36.8. The number of benzene rings is 4. The summed E-state index contributed by atoms with van der Waals surface area (Å²) in [5.41, 5.74) is 8.12. The summed E-state index contributed by atoms with van der Waals surface area (Å²) >= 11 is 0. The van der Waals surface area contributed by atoms with E-state index in [9.17, 15) is 9.59 Å². The number of carbonyl (C=O) groups excluding carboxylic acids is 2. The molecule has 270 valence electrons. The molecule has 0 saturated carbocycles. The van der Waals surface area contributed by atoms with E-state index in [1.54, 1.807) is 38.5 Å². The molecule has 0 unspecified atom stereocenters. The van der Waals surface area contributed by atoms with Gasteiger partial charge < -0.3 is 28.7 Å². The second kappa shape index (κ2) is 13.8. The van der Waals surface area contributed by atoms with Gasteiger partial charge in [-0.2, -0.15) is 0 Å². The topological polar surface area (TPSA) is 115 Å². The molecule has 0 fully saturated rings. The maximum Gasteiger partial charge on any atom is 0.257 e. The Morgan fingerprint density at radius 3 is 1.46 bits per heavy atom. The van der Waals surface area contributed by atoms with Crippen molar-refractivity contribution in [3.05, 3.63) is 136 Å². The average Bonchev–Trinajstić information content (AvgIpc) is 3.42. The van der Waals surface area contributed by atoms with E-state index < -0.39 is 0 Å². The number of fused-ring (bicyclic) bond motifs is 6. The van der Waals surface area contributed by atoms with Crippen LogP contribution in [0.5, 0.6) is 23.0 Å². The van der Waals surface area contributed by atoms with E-state index in [0.717, 1.165) is 11.1 Å². The van der Waals surface area contributed by atoms with Gasteiger partial charge in [0.15, 0.2) is 23.0 Å². The molecule has 11 nitrogen and oxygen atoms in total. The molecule has 54 heavy (non-hydrogen) atoms. The highest BCUT2D eigenvalue weighted by molar-refractivity contribution is 6.04. The first kappa shape index (κ1) is 33.4. The maximum absolute atomic E-state index is 13.8. The van der Waals surface area contributed by atoms with Crippen LogP contribution in [0.4, 0.5) is 11.4 Å². The fourth-order valence-electron chi connectivity index (χ4n) is 7.64. The molecular formula is C43H37N5O6. The fraction of sp³-hybridized carbons (Fsp3) is 0.233. The number of rotatable bonds is 8. The van der Waals surface area contributed by atoms with Gasteiger partial charge in [-0.1, -0.05) is 54.6 Å². The van der Waals surface area contributed by atoms with E-state index in [1.165, 1.54) is 11.1 Å². The minimum atomic E-state index is -0.133. The van der Waals surface area contributed by atoms with Crippen LogP contribution in [0.3, 0.4) is 0 Å². The first-order chi connectivity index (χ1) is 26.4. The molecular weight excluding hydrogens is 683 g/mol. The number of ether oxygens (including phenoxy) is 4. The van der Waals surface area contributed by atoms with Crippen LogP contribution in [-0.2, 0) is 39.1 Å². The van der Waals surface area contributed by atoms with Gasteiger partial charge in [0.2, 0.25) is 0 Å². The van der Waals surface area contributed by atoms with E-state index in [4.69, 9.17) is 33.9 Å². The van der Waals surface area contributed by atoms with Crippen LogP contribution in [0.25, 0.3) is 0 Å². The van der Waals surface area contributed by atoms with Crippen molar-refractivity contribution < 1.29 is 28.5 Å². The zero-order valence-electron chi connectivity index (χ0n) is 29.9. The van der Waals surface area contributed by atoms with Gasteiger partial charge in [-0.05, 0) is 59.4 Å². The average molecular weight is 720 g/mol. The Bertz CT molecular complexity index is 2210. The number of aliphatic imine (C=N–C) groups is 2. The van der Waals surface area contributed by atoms with Crippen LogP contribution in [0.2, 0.25) is 0 Å². The zero-order valence-corrected chi connectivity index (χ0v) is 29.9. The third kappa shape index (κ3) is 6.11. The predicted octanol–water partition coefficient (Wildman–Crippen LogP) is 6.82. The second-order valence-electron chi connectivity index (χ2n) is 13.7. The van der Waals surface area contributed by atoms with E-state index in [0.29, 0.717) is 82.8 Å². The Labute approximate surface area is 312 Å². The van der Waals surface area contributed by atoms with Gasteiger partial charge in [-0.15, -0.1) is 0 Å². The van der Waals surface area contributed by atoms with Gasteiger partial charge in [0.05, 0.1) is 60.2 Å². The molecule has 1 aromatic heterocycles. The van der Waals surface area contributed by atoms with Gasteiger partial charge in [-0.3, -0.25) is 24.6 Å². The Morgan fingerprint density at radius 2 is 1.02 bits per heavy atom. The smallest absolute Gasteiger partial charge is 0.257 e.